The van der Waals surface area contributed by atoms with Gasteiger partial charge in [-0.15, -0.1) is 0 Å². The molecule has 3 nitrogen and oxygen atoms in total. The standard InChI is InChI=1S/C15H22N2O/c1-12-6-7-14(18-4)13(10-12)15(2,3)11-17-9-5-8-16/h6-7,10,17H,5,9,11H2,1-4H3. The van der Waals surface area contributed by atoms with E-state index < -0.39 is 0 Å². The van der Waals surface area contributed by atoms with Gasteiger partial charge in [0.25, 0.3) is 0 Å². The van der Waals surface area contributed by atoms with E-state index in [9.17, 15) is 0 Å². The lowest BCUT2D eigenvalue weighted by Crippen LogP contribution is -2.33. The van der Waals surface area contributed by atoms with Gasteiger partial charge in [-0.05, 0) is 13.0 Å². The van der Waals surface area contributed by atoms with Crippen LogP contribution in [0, 0.1) is 18.3 Å². The first-order valence-electron chi connectivity index (χ1n) is 6.24. The van der Waals surface area contributed by atoms with Gasteiger partial charge in [-0.25, -0.2) is 0 Å². The second kappa shape index (κ2) is 6.42. The zero-order valence-corrected chi connectivity index (χ0v) is 11.7. The third-order valence-electron chi connectivity index (χ3n) is 3.06. The van der Waals surface area contributed by atoms with Crippen molar-refractivity contribution in [1.29, 1.82) is 5.26 Å². The largest absolute Gasteiger partial charge is 0.496 e. The Balaban J connectivity index is 2.83. The number of ether oxygens (including phenoxy) is 1. The fraction of sp³-hybridized carbons (Fsp3) is 0.533. The number of nitrogens with zero attached hydrogens (tertiary/aromatic N) is 1. The minimum absolute atomic E-state index is 0.0210. The Kier molecular flexibility index (Phi) is 5.18. The van der Waals surface area contributed by atoms with Crippen LogP contribution in [0.15, 0.2) is 18.2 Å². The van der Waals surface area contributed by atoms with E-state index in [2.05, 4.69) is 44.3 Å². The summed E-state index contributed by atoms with van der Waals surface area (Å²) >= 11 is 0. The fourth-order valence-corrected chi connectivity index (χ4v) is 1.99. The zero-order chi connectivity index (χ0) is 13.6. The first-order chi connectivity index (χ1) is 8.51. The summed E-state index contributed by atoms with van der Waals surface area (Å²) in [6, 6.07) is 8.38. The molecule has 0 spiro atoms. The Morgan fingerprint density at radius 3 is 2.72 bits per heavy atom. The van der Waals surface area contributed by atoms with E-state index in [0.717, 1.165) is 18.8 Å². The minimum Gasteiger partial charge on any atom is -0.496 e. The highest BCUT2D eigenvalue weighted by Crippen LogP contribution is 2.31. The van der Waals surface area contributed by atoms with Gasteiger partial charge < -0.3 is 10.1 Å². The smallest absolute Gasteiger partial charge is 0.122 e. The van der Waals surface area contributed by atoms with Crippen LogP contribution in [0.5, 0.6) is 5.75 Å². The molecule has 0 aliphatic carbocycles. The van der Waals surface area contributed by atoms with E-state index in [1.165, 1.54) is 11.1 Å². The summed E-state index contributed by atoms with van der Waals surface area (Å²) in [5.74, 6) is 0.924. The van der Waals surface area contributed by atoms with Crippen LogP contribution in [0.2, 0.25) is 0 Å². The molecule has 0 aromatic heterocycles. The molecule has 1 rings (SSSR count). The summed E-state index contributed by atoms with van der Waals surface area (Å²) in [7, 11) is 1.70. The lowest BCUT2D eigenvalue weighted by Gasteiger charge is -2.28. The van der Waals surface area contributed by atoms with Crippen molar-refractivity contribution >= 4 is 0 Å². The fourth-order valence-electron chi connectivity index (χ4n) is 1.99. The molecular weight excluding hydrogens is 224 g/mol. The molecule has 0 radical (unpaired) electrons. The Morgan fingerprint density at radius 1 is 1.39 bits per heavy atom. The SMILES string of the molecule is COc1ccc(C)cc1C(C)(C)CNCCC#N. The van der Waals surface area contributed by atoms with E-state index >= 15 is 0 Å². The topological polar surface area (TPSA) is 45.0 Å². The van der Waals surface area contributed by atoms with Crippen LogP contribution >= 0.6 is 0 Å². The van der Waals surface area contributed by atoms with Crippen LogP contribution in [0.3, 0.4) is 0 Å². The maximum absolute atomic E-state index is 8.52. The van der Waals surface area contributed by atoms with Crippen molar-refractivity contribution in [2.75, 3.05) is 20.2 Å². The number of methoxy groups -OCH3 is 1. The average molecular weight is 246 g/mol. The van der Waals surface area contributed by atoms with Gasteiger partial charge in [-0.1, -0.05) is 31.5 Å². The monoisotopic (exact) mass is 246 g/mol. The lowest BCUT2D eigenvalue weighted by atomic mass is 9.83. The van der Waals surface area contributed by atoms with Gasteiger partial charge in [0.15, 0.2) is 0 Å². The summed E-state index contributed by atoms with van der Waals surface area (Å²) < 4.78 is 5.43. The highest BCUT2D eigenvalue weighted by Gasteiger charge is 2.24. The van der Waals surface area contributed by atoms with Crippen LogP contribution in [0.4, 0.5) is 0 Å². The number of nitrogens with one attached hydrogen (secondary N) is 1. The highest BCUT2D eigenvalue weighted by atomic mass is 16.5. The second-order valence-electron chi connectivity index (χ2n) is 5.17. The van der Waals surface area contributed by atoms with Crippen molar-refractivity contribution < 1.29 is 4.74 Å². The van der Waals surface area contributed by atoms with E-state index in [-0.39, 0.29) is 5.41 Å². The highest BCUT2D eigenvalue weighted by molar-refractivity contribution is 5.41. The summed E-state index contributed by atoms with van der Waals surface area (Å²) in [4.78, 5) is 0. The Bertz CT molecular complexity index is 433. The normalized spacial score (nSPS) is 11.1. The van der Waals surface area contributed by atoms with Gasteiger partial charge in [0.1, 0.15) is 5.75 Å². The van der Waals surface area contributed by atoms with Crippen LogP contribution < -0.4 is 10.1 Å². The third kappa shape index (κ3) is 3.75. The quantitative estimate of drug-likeness (QED) is 0.785. The molecule has 0 fully saturated rings. The molecule has 0 amide bonds. The van der Waals surface area contributed by atoms with Crippen molar-refractivity contribution in [3.63, 3.8) is 0 Å². The molecule has 0 aliphatic rings. The number of rotatable bonds is 6. The molecule has 1 N–H and O–H groups in total. The molecule has 98 valence electrons. The molecule has 0 atom stereocenters. The van der Waals surface area contributed by atoms with E-state index in [1.807, 2.05) is 6.07 Å². The minimum atomic E-state index is -0.0210. The Labute approximate surface area is 110 Å². The lowest BCUT2D eigenvalue weighted by molar-refractivity contribution is 0.386. The summed E-state index contributed by atoms with van der Waals surface area (Å²) in [6.45, 7) is 8.01. The van der Waals surface area contributed by atoms with E-state index in [1.54, 1.807) is 7.11 Å². The molecule has 18 heavy (non-hydrogen) atoms. The summed E-state index contributed by atoms with van der Waals surface area (Å²) in [5.41, 5.74) is 2.41. The molecule has 0 saturated carbocycles. The molecule has 1 aromatic rings. The van der Waals surface area contributed by atoms with Crippen molar-refractivity contribution in [3.05, 3.63) is 29.3 Å². The van der Waals surface area contributed by atoms with Gasteiger partial charge in [0.05, 0.1) is 13.2 Å². The van der Waals surface area contributed by atoms with Crippen molar-refractivity contribution in [2.45, 2.75) is 32.6 Å². The van der Waals surface area contributed by atoms with Gasteiger partial charge >= 0.3 is 0 Å². The van der Waals surface area contributed by atoms with E-state index in [0.29, 0.717) is 6.42 Å². The molecule has 1 aromatic carbocycles. The molecule has 0 heterocycles. The van der Waals surface area contributed by atoms with Crippen molar-refractivity contribution in [1.82, 2.24) is 5.32 Å². The molecule has 0 bridgehead atoms. The van der Waals surface area contributed by atoms with Gasteiger partial charge in [-0.2, -0.15) is 5.26 Å². The number of aryl methyl sites for hydroxylation is 1. The van der Waals surface area contributed by atoms with Crippen LogP contribution in [0.1, 0.15) is 31.4 Å². The van der Waals surface area contributed by atoms with Crippen LogP contribution in [-0.2, 0) is 5.41 Å². The Hall–Kier alpha value is -1.53. The van der Waals surface area contributed by atoms with Crippen molar-refractivity contribution in [2.24, 2.45) is 0 Å². The second-order valence-corrected chi connectivity index (χ2v) is 5.17. The van der Waals surface area contributed by atoms with Crippen molar-refractivity contribution in [3.8, 4) is 11.8 Å². The number of nitriles is 1. The average Bonchev–Trinajstić information content (AvgIpc) is 2.35. The first-order valence-corrected chi connectivity index (χ1v) is 6.24. The van der Waals surface area contributed by atoms with Gasteiger partial charge in [0.2, 0.25) is 0 Å². The maximum atomic E-state index is 8.52. The molecular formula is C15H22N2O. The molecule has 0 unspecified atom stereocenters. The molecule has 3 heteroatoms. The summed E-state index contributed by atoms with van der Waals surface area (Å²) in [5, 5.41) is 11.8. The van der Waals surface area contributed by atoms with E-state index in [4.69, 9.17) is 10.00 Å². The predicted molar refractivity (Wildman–Crippen MR) is 73.9 cm³/mol. The number of benzene rings is 1. The molecule has 0 saturated heterocycles. The Morgan fingerprint density at radius 2 is 2.11 bits per heavy atom. The van der Waals surface area contributed by atoms with Gasteiger partial charge in [-0.3, -0.25) is 0 Å². The van der Waals surface area contributed by atoms with Crippen LogP contribution in [0.25, 0.3) is 0 Å². The molecule has 0 aliphatic heterocycles. The zero-order valence-electron chi connectivity index (χ0n) is 11.7. The number of hydrogen-bond donors (Lipinski definition) is 1. The first kappa shape index (κ1) is 14.5. The number of hydrogen-bond acceptors (Lipinski definition) is 3. The van der Waals surface area contributed by atoms with Gasteiger partial charge in [0, 0.05) is 30.5 Å². The van der Waals surface area contributed by atoms with Crippen LogP contribution in [-0.4, -0.2) is 20.2 Å². The third-order valence-corrected chi connectivity index (χ3v) is 3.06. The summed E-state index contributed by atoms with van der Waals surface area (Å²) in [6.07, 6.45) is 0.543. The maximum Gasteiger partial charge on any atom is 0.122 e. The predicted octanol–water partition coefficient (Wildman–Crippen LogP) is 2.78.